The summed E-state index contributed by atoms with van der Waals surface area (Å²) < 4.78 is 0. The van der Waals surface area contributed by atoms with Crippen LogP contribution in [0.3, 0.4) is 0 Å². The molecule has 2 rings (SSSR count). The zero-order valence-electron chi connectivity index (χ0n) is 9.86. The van der Waals surface area contributed by atoms with Crippen LogP contribution in [0, 0.1) is 6.92 Å². The molecule has 0 saturated heterocycles. The number of aryl methyl sites for hydroxylation is 1. The molecule has 1 aromatic carbocycles. The first-order valence-corrected chi connectivity index (χ1v) is 5.73. The number of H-pyrrole nitrogens is 1. The van der Waals surface area contributed by atoms with E-state index in [4.69, 9.17) is 0 Å². The molecule has 17 heavy (non-hydrogen) atoms. The van der Waals surface area contributed by atoms with Gasteiger partial charge in [-0.05, 0) is 25.0 Å². The third-order valence-corrected chi connectivity index (χ3v) is 2.74. The molecule has 1 aromatic heterocycles. The Morgan fingerprint density at radius 1 is 1.24 bits per heavy atom. The van der Waals surface area contributed by atoms with E-state index in [2.05, 4.69) is 22.4 Å². The van der Waals surface area contributed by atoms with E-state index in [1.807, 2.05) is 25.1 Å². The van der Waals surface area contributed by atoms with Crippen molar-refractivity contribution in [3.05, 3.63) is 59.4 Å². The Kier molecular flexibility index (Phi) is 3.60. The molecule has 0 saturated carbocycles. The molecule has 0 unspecified atom stereocenters. The van der Waals surface area contributed by atoms with Crippen LogP contribution in [0.1, 0.15) is 21.6 Å². The highest BCUT2D eigenvalue weighted by Crippen LogP contribution is 2.04. The Bertz CT molecular complexity index is 488. The molecule has 3 heteroatoms. The summed E-state index contributed by atoms with van der Waals surface area (Å²) in [6, 6.07) is 11.9. The van der Waals surface area contributed by atoms with Gasteiger partial charge in [-0.25, -0.2) is 0 Å². The minimum Gasteiger partial charge on any atom is -0.365 e. The average Bonchev–Trinajstić information content (AvgIpc) is 2.77. The van der Waals surface area contributed by atoms with Crippen LogP contribution in [0.5, 0.6) is 0 Å². The molecule has 1 amide bonds. The monoisotopic (exact) mass is 228 g/mol. The van der Waals surface area contributed by atoms with Crippen molar-refractivity contribution < 1.29 is 4.79 Å². The molecule has 0 aliphatic carbocycles. The van der Waals surface area contributed by atoms with E-state index < -0.39 is 0 Å². The Hall–Kier alpha value is -2.03. The van der Waals surface area contributed by atoms with Gasteiger partial charge in [0.15, 0.2) is 0 Å². The Morgan fingerprint density at radius 3 is 2.65 bits per heavy atom. The van der Waals surface area contributed by atoms with E-state index in [1.165, 1.54) is 5.56 Å². The molecule has 0 aliphatic rings. The van der Waals surface area contributed by atoms with E-state index in [0.717, 1.165) is 17.7 Å². The van der Waals surface area contributed by atoms with Crippen LogP contribution in [-0.2, 0) is 6.42 Å². The largest absolute Gasteiger partial charge is 0.365 e. The lowest BCUT2D eigenvalue weighted by molar-refractivity contribution is 0.0953. The summed E-state index contributed by atoms with van der Waals surface area (Å²) >= 11 is 0. The second-order valence-corrected chi connectivity index (χ2v) is 4.01. The van der Waals surface area contributed by atoms with Crippen LogP contribution in [0.25, 0.3) is 0 Å². The second-order valence-electron chi connectivity index (χ2n) is 4.01. The Morgan fingerprint density at radius 2 is 2.00 bits per heavy atom. The molecular weight excluding hydrogens is 212 g/mol. The summed E-state index contributed by atoms with van der Waals surface area (Å²) in [6.07, 6.45) is 2.64. The first-order valence-electron chi connectivity index (χ1n) is 5.73. The summed E-state index contributed by atoms with van der Waals surface area (Å²) in [4.78, 5) is 14.8. The lowest BCUT2D eigenvalue weighted by atomic mass is 10.1. The van der Waals surface area contributed by atoms with E-state index >= 15 is 0 Å². The van der Waals surface area contributed by atoms with Crippen LogP contribution >= 0.6 is 0 Å². The molecule has 1 heterocycles. The summed E-state index contributed by atoms with van der Waals surface area (Å²) in [5.41, 5.74) is 2.86. The third-order valence-electron chi connectivity index (χ3n) is 2.74. The van der Waals surface area contributed by atoms with Crippen LogP contribution in [0.2, 0.25) is 0 Å². The predicted molar refractivity (Wildman–Crippen MR) is 68.0 cm³/mol. The zero-order chi connectivity index (χ0) is 12.1. The lowest BCUT2D eigenvalue weighted by Gasteiger charge is -2.04. The van der Waals surface area contributed by atoms with Gasteiger partial charge >= 0.3 is 0 Å². The average molecular weight is 228 g/mol. The highest BCUT2D eigenvalue weighted by Gasteiger charge is 2.08. The molecule has 0 bridgehead atoms. The van der Waals surface area contributed by atoms with Crippen LogP contribution in [0.4, 0.5) is 0 Å². The van der Waals surface area contributed by atoms with E-state index in [9.17, 15) is 4.79 Å². The van der Waals surface area contributed by atoms with Gasteiger partial charge < -0.3 is 10.3 Å². The minimum absolute atomic E-state index is 0.0142. The van der Waals surface area contributed by atoms with Gasteiger partial charge in [-0.2, -0.15) is 0 Å². The minimum atomic E-state index is -0.0142. The van der Waals surface area contributed by atoms with E-state index in [-0.39, 0.29) is 5.91 Å². The van der Waals surface area contributed by atoms with Gasteiger partial charge in [0.05, 0.1) is 5.56 Å². The lowest BCUT2D eigenvalue weighted by Crippen LogP contribution is -2.25. The maximum atomic E-state index is 11.8. The van der Waals surface area contributed by atoms with Crippen LogP contribution in [0.15, 0.2) is 42.6 Å². The predicted octanol–water partition coefficient (Wildman–Crippen LogP) is 2.30. The molecule has 2 aromatic rings. The molecule has 0 fully saturated rings. The quantitative estimate of drug-likeness (QED) is 0.828. The number of benzene rings is 1. The molecular formula is C14H16N2O. The number of amides is 1. The van der Waals surface area contributed by atoms with Gasteiger partial charge in [-0.1, -0.05) is 30.3 Å². The van der Waals surface area contributed by atoms with Crippen molar-refractivity contribution in [1.82, 2.24) is 10.3 Å². The molecule has 3 nitrogen and oxygen atoms in total. The zero-order valence-corrected chi connectivity index (χ0v) is 9.86. The molecule has 0 radical (unpaired) electrons. The topological polar surface area (TPSA) is 44.9 Å². The number of carbonyl (C=O) groups excluding carboxylic acids is 1. The van der Waals surface area contributed by atoms with Crippen molar-refractivity contribution in [2.75, 3.05) is 6.54 Å². The summed E-state index contributed by atoms with van der Waals surface area (Å²) in [7, 11) is 0. The van der Waals surface area contributed by atoms with Crippen molar-refractivity contribution >= 4 is 5.91 Å². The van der Waals surface area contributed by atoms with Crippen molar-refractivity contribution in [2.24, 2.45) is 0 Å². The van der Waals surface area contributed by atoms with Crippen molar-refractivity contribution in [1.29, 1.82) is 0 Å². The fraction of sp³-hybridized carbons (Fsp3) is 0.214. The first-order chi connectivity index (χ1) is 8.27. The highest BCUT2D eigenvalue weighted by molar-refractivity contribution is 5.95. The standard InChI is InChI=1S/C14H16N2O/c1-11-13(8-10-15-11)14(17)16-9-7-12-5-3-2-4-6-12/h2-6,8,10,15H,7,9H2,1H3,(H,16,17). The van der Waals surface area contributed by atoms with Gasteiger partial charge in [0.1, 0.15) is 0 Å². The fourth-order valence-electron chi connectivity index (χ4n) is 1.76. The van der Waals surface area contributed by atoms with Gasteiger partial charge in [0.25, 0.3) is 5.91 Å². The van der Waals surface area contributed by atoms with Gasteiger partial charge in [-0.3, -0.25) is 4.79 Å². The smallest absolute Gasteiger partial charge is 0.253 e. The molecule has 0 aliphatic heterocycles. The van der Waals surface area contributed by atoms with E-state index in [0.29, 0.717) is 6.54 Å². The maximum absolute atomic E-state index is 11.8. The Labute approximate surface area is 101 Å². The second kappa shape index (κ2) is 5.34. The summed E-state index contributed by atoms with van der Waals surface area (Å²) in [5, 5.41) is 2.92. The SMILES string of the molecule is Cc1[nH]ccc1C(=O)NCCc1ccccc1. The molecule has 0 atom stereocenters. The normalized spacial score (nSPS) is 10.2. The van der Waals surface area contributed by atoms with Crippen molar-refractivity contribution in [3.63, 3.8) is 0 Å². The van der Waals surface area contributed by atoms with Gasteiger partial charge in [0, 0.05) is 18.4 Å². The van der Waals surface area contributed by atoms with Crippen LogP contribution in [-0.4, -0.2) is 17.4 Å². The number of carbonyl (C=O) groups is 1. The van der Waals surface area contributed by atoms with Gasteiger partial charge in [-0.15, -0.1) is 0 Å². The number of hydrogen-bond donors (Lipinski definition) is 2. The number of nitrogens with one attached hydrogen (secondary N) is 2. The van der Waals surface area contributed by atoms with E-state index in [1.54, 1.807) is 12.3 Å². The van der Waals surface area contributed by atoms with Gasteiger partial charge in [0.2, 0.25) is 0 Å². The summed E-state index contributed by atoms with van der Waals surface area (Å²) in [6.45, 7) is 2.56. The van der Waals surface area contributed by atoms with Crippen LogP contribution < -0.4 is 5.32 Å². The third kappa shape index (κ3) is 2.97. The number of rotatable bonds is 4. The number of aromatic amines is 1. The highest BCUT2D eigenvalue weighted by atomic mass is 16.1. The van der Waals surface area contributed by atoms with Crippen molar-refractivity contribution in [2.45, 2.75) is 13.3 Å². The molecule has 0 spiro atoms. The Balaban J connectivity index is 1.84. The summed E-state index contributed by atoms with van der Waals surface area (Å²) in [5.74, 6) is -0.0142. The molecule has 2 N–H and O–H groups in total. The van der Waals surface area contributed by atoms with Crippen molar-refractivity contribution in [3.8, 4) is 0 Å². The molecule has 88 valence electrons. The first kappa shape index (κ1) is 11.5. The number of aromatic nitrogens is 1. The fourth-order valence-corrected chi connectivity index (χ4v) is 1.76. The maximum Gasteiger partial charge on any atom is 0.253 e. The number of hydrogen-bond acceptors (Lipinski definition) is 1.